The molecule has 4 rings (SSSR count). The molecule has 3 N–H and O–H groups in total. The minimum Gasteiger partial charge on any atom is -0.356 e. The molecule has 0 heterocycles. The van der Waals surface area contributed by atoms with E-state index in [2.05, 4.69) is 5.32 Å². The third-order valence-corrected chi connectivity index (χ3v) is 5.88. The fourth-order valence-electron chi connectivity index (χ4n) is 4.99. The van der Waals surface area contributed by atoms with Gasteiger partial charge in [-0.2, -0.15) is 0 Å². The van der Waals surface area contributed by atoms with Crippen LogP contribution in [0.5, 0.6) is 0 Å². The number of rotatable bonds is 3. The Hall–Kier alpha value is -0.570. The first-order valence-electron chi connectivity index (χ1n) is 7.27. The van der Waals surface area contributed by atoms with Crippen LogP contribution in [0.15, 0.2) is 0 Å². The Kier molecular flexibility index (Phi) is 2.11. The predicted molar refractivity (Wildman–Crippen MR) is 65.0 cm³/mol. The van der Waals surface area contributed by atoms with Crippen molar-refractivity contribution in [1.82, 2.24) is 5.32 Å². The lowest BCUT2D eigenvalue weighted by molar-refractivity contribution is -0.123. The maximum atomic E-state index is 12.1. The lowest BCUT2D eigenvalue weighted by Gasteiger charge is -2.32. The smallest absolute Gasteiger partial charge is 0.223 e. The summed E-state index contributed by atoms with van der Waals surface area (Å²) >= 11 is 0. The molecule has 4 fully saturated rings. The molecule has 4 saturated carbocycles. The average Bonchev–Trinajstić information content (AvgIpc) is 2.72. The van der Waals surface area contributed by atoms with E-state index >= 15 is 0 Å². The van der Waals surface area contributed by atoms with E-state index in [-0.39, 0.29) is 0 Å². The fraction of sp³-hybridized carbons (Fsp3) is 0.929. The van der Waals surface area contributed by atoms with Gasteiger partial charge in [-0.3, -0.25) is 4.79 Å². The van der Waals surface area contributed by atoms with Crippen LogP contribution in [0, 0.1) is 35.5 Å². The summed E-state index contributed by atoms with van der Waals surface area (Å²) in [6.45, 7) is 0.873. The highest BCUT2D eigenvalue weighted by atomic mass is 16.2. The molecule has 0 aromatic carbocycles. The fourth-order valence-corrected chi connectivity index (χ4v) is 4.99. The second-order valence-corrected chi connectivity index (χ2v) is 6.86. The molecule has 17 heavy (non-hydrogen) atoms. The largest absolute Gasteiger partial charge is 0.356 e. The SMILES string of the molecule is NC1CC(CNC(=O)C2C3C4CCC(C4)C23)C1. The topological polar surface area (TPSA) is 55.1 Å². The zero-order valence-electron chi connectivity index (χ0n) is 10.3. The monoisotopic (exact) mass is 234 g/mol. The number of nitrogens with two attached hydrogens (primary N) is 1. The van der Waals surface area contributed by atoms with Gasteiger partial charge in [0.25, 0.3) is 0 Å². The van der Waals surface area contributed by atoms with E-state index < -0.39 is 0 Å². The molecular weight excluding hydrogens is 212 g/mol. The molecule has 2 bridgehead atoms. The standard InChI is InChI=1S/C14H22N2O/c15-10-3-7(4-10)6-16-14(17)13-11-8-1-2-9(5-8)12(11)13/h7-13H,1-6,15H2,(H,16,17). The van der Waals surface area contributed by atoms with Gasteiger partial charge in [-0.05, 0) is 61.7 Å². The summed E-state index contributed by atoms with van der Waals surface area (Å²) in [6, 6.07) is 0.396. The van der Waals surface area contributed by atoms with Crippen LogP contribution >= 0.6 is 0 Å². The van der Waals surface area contributed by atoms with Gasteiger partial charge in [-0.25, -0.2) is 0 Å². The van der Waals surface area contributed by atoms with Gasteiger partial charge >= 0.3 is 0 Å². The average molecular weight is 234 g/mol. The molecule has 0 aromatic rings. The first-order chi connectivity index (χ1) is 8.24. The molecule has 0 spiro atoms. The molecule has 4 aliphatic rings. The van der Waals surface area contributed by atoms with Crippen LogP contribution < -0.4 is 11.1 Å². The second-order valence-electron chi connectivity index (χ2n) is 6.86. The van der Waals surface area contributed by atoms with Crippen molar-refractivity contribution >= 4 is 5.91 Å². The van der Waals surface area contributed by atoms with Gasteiger partial charge in [0, 0.05) is 18.5 Å². The highest BCUT2D eigenvalue weighted by Crippen LogP contribution is 2.69. The van der Waals surface area contributed by atoms with Crippen molar-refractivity contribution in [2.75, 3.05) is 6.54 Å². The number of nitrogens with one attached hydrogen (secondary N) is 1. The molecule has 0 aromatic heterocycles. The molecule has 4 atom stereocenters. The lowest BCUT2D eigenvalue weighted by atomic mass is 9.81. The van der Waals surface area contributed by atoms with Gasteiger partial charge in [0.1, 0.15) is 0 Å². The molecular formula is C14H22N2O. The Morgan fingerprint density at radius 1 is 1.12 bits per heavy atom. The van der Waals surface area contributed by atoms with Gasteiger partial charge in [-0.1, -0.05) is 0 Å². The van der Waals surface area contributed by atoms with Crippen molar-refractivity contribution in [2.45, 2.75) is 38.1 Å². The van der Waals surface area contributed by atoms with E-state index in [0.29, 0.717) is 23.8 Å². The van der Waals surface area contributed by atoms with Crippen molar-refractivity contribution in [3.05, 3.63) is 0 Å². The Balaban J connectivity index is 1.28. The predicted octanol–water partition coefficient (Wildman–Crippen LogP) is 1.13. The maximum absolute atomic E-state index is 12.1. The third kappa shape index (κ3) is 1.48. The maximum Gasteiger partial charge on any atom is 0.223 e. The van der Waals surface area contributed by atoms with Crippen LogP contribution in [-0.4, -0.2) is 18.5 Å². The van der Waals surface area contributed by atoms with Crippen molar-refractivity contribution < 1.29 is 4.79 Å². The van der Waals surface area contributed by atoms with Gasteiger partial charge in [0.15, 0.2) is 0 Å². The van der Waals surface area contributed by atoms with E-state index in [1.807, 2.05) is 0 Å². The summed E-state index contributed by atoms with van der Waals surface area (Å²) in [6.07, 6.45) is 6.42. The first kappa shape index (κ1) is 10.4. The van der Waals surface area contributed by atoms with E-state index in [0.717, 1.165) is 43.1 Å². The van der Waals surface area contributed by atoms with Gasteiger partial charge in [0.05, 0.1) is 0 Å². The Morgan fingerprint density at radius 3 is 2.35 bits per heavy atom. The van der Waals surface area contributed by atoms with Crippen molar-refractivity contribution in [1.29, 1.82) is 0 Å². The quantitative estimate of drug-likeness (QED) is 0.769. The van der Waals surface area contributed by atoms with Gasteiger partial charge in [-0.15, -0.1) is 0 Å². The van der Waals surface area contributed by atoms with Gasteiger partial charge < -0.3 is 11.1 Å². The molecule has 0 aliphatic heterocycles. The minimum absolute atomic E-state index is 0.358. The lowest BCUT2D eigenvalue weighted by Crippen LogP contribution is -2.43. The summed E-state index contributed by atoms with van der Waals surface area (Å²) < 4.78 is 0. The first-order valence-corrected chi connectivity index (χ1v) is 7.27. The van der Waals surface area contributed by atoms with Crippen LogP contribution in [0.3, 0.4) is 0 Å². The summed E-state index contributed by atoms with van der Waals surface area (Å²) in [5, 5.41) is 3.17. The number of amides is 1. The van der Waals surface area contributed by atoms with Crippen molar-refractivity contribution in [3.63, 3.8) is 0 Å². The molecule has 3 nitrogen and oxygen atoms in total. The summed E-state index contributed by atoms with van der Waals surface area (Å²) in [5.74, 6) is 4.77. The summed E-state index contributed by atoms with van der Waals surface area (Å²) in [7, 11) is 0. The molecule has 3 heteroatoms. The molecule has 0 saturated heterocycles. The zero-order chi connectivity index (χ0) is 11.6. The van der Waals surface area contributed by atoms with Crippen LogP contribution in [0.25, 0.3) is 0 Å². The van der Waals surface area contributed by atoms with E-state index in [1.165, 1.54) is 19.3 Å². The van der Waals surface area contributed by atoms with E-state index in [4.69, 9.17) is 5.73 Å². The number of hydrogen-bond donors (Lipinski definition) is 2. The number of hydrogen-bond acceptors (Lipinski definition) is 2. The number of carbonyl (C=O) groups is 1. The summed E-state index contributed by atoms with van der Waals surface area (Å²) in [5.41, 5.74) is 5.75. The number of fused-ring (bicyclic) bond motifs is 5. The molecule has 0 radical (unpaired) electrons. The number of carbonyl (C=O) groups excluding carboxylic acids is 1. The van der Waals surface area contributed by atoms with Crippen molar-refractivity contribution in [2.24, 2.45) is 41.2 Å². The zero-order valence-corrected chi connectivity index (χ0v) is 10.3. The Labute approximate surface area is 103 Å². The molecule has 4 aliphatic carbocycles. The molecule has 4 unspecified atom stereocenters. The van der Waals surface area contributed by atoms with Gasteiger partial charge in [0.2, 0.25) is 5.91 Å². The minimum atomic E-state index is 0.358. The van der Waals surface area contributed by atoms with E-state index in [9.17, 15) is 4.79 Å². The highest BCUT2D eigenvalue weighted by Gasteiger charge is 2.67. The second kappa shape index (κ2) is 3.47. The molecule has 1 amide bonds. The van der Waals surface area contributed by atoms with Crippen molar-refractivity contribution in [3.8, 4) is 0 Å². The normalized spacial score (nSPS) is 54.1. The van der Waals surface area contributed by atoms with Crippen LogP contribution in [-0.2, 0) is 4.79 Å². The van der Waals surface area contributed by atoms with E-state index in [1.54, 1.807) is 0 Å². The molecule has 94 valence electrons. The van der Waals surface area contributed by atoms with Crippen LogP contribution in [0.2, 0.25) is 0 Å². The van der Waals surface area contributed by atoms with Crippen LogP contribution in [0.1, 0.15) is 32.1 Å². The Morgan fingerprint density at radius 2 is 1.76 bits per heavy atom. The summed E-state index contributed by atoms with van der Waals surface area (Å²) in [4.78, 5) is 12.1. The van der Waals surface area contributed by atoms with Crippen LogP contribution in [0.4, 0.5) is 0 Å². The third-order valence-electron chi connectivity index (χ3n) is 5.88. The Bertz CT molecular complexity index is 334. The highest BCUT2D eigenvalue weighted by molar-refractivity contribution is 5.82.